The van der Waals surface area contributed by atoms with Crippen molar-refractivity contribution in [2.45, 2.75) is 6.04 Å². The molecule has 1 aromatic rings. The van der Waals surface area contributed by atoms with E-state index in [0.717, 1.165) is 0 Å². The number of methoxy groups -OCH3 is 2. The molecule has 1 N–H and O–H groups in total. The molecule has 1 aliphatic heterocycles. The van der Waals surface area contributed by atoms with Gasteiger partial charge in [-0.15, -0.1) is 0 Å². The Balaban J connectivity index is 2.44. The summed E-state index contributed by atoms with van der Waals surface area (Å²) in [6.07, 6.45) is 0. The minimum absolute atomic E-state index is 0.00736. The third kappa shape index (κ3) is 2.75. The van der Waals surface area contributed by atoms with Gasteiger partial charge in [0.2, 0.25) is 0 Å². The van der Waals surface area contributed by atoms with Crippen LogP contribution in [0.2, 0.25) is 0 Å². The van der Waals surface area contributed by atoms with Gasteiger partial charge in [-0.05, 0) is 0 Å². The van der Waals surface area contributed by atoms with Gasteiger partial charge >= 0.3 is 0 Å². The van der Waals surface area contributed by atoms with E-state index in [0.29, 0.717) is 13.1 Å². The number of likely N-dealkylation sites (N-methyl/N-ethyl adjacent to an activating group) is 1. The summed E-state index contributed by atoms with van der Waals surface area (Å²) >= 11 is 0. The monoisotopic (exact) mass is 295 g/mol. The van der Waals surface area contributed by atoms with Crippen molar-refractivity contribution in [1.29, 1.82) is 0 Å². The molecular formula is C13H17N3O5. The van der Waals surface area contributed by atoms with Crippen LogP contribution in [0.25, 0.3) is 0 Å². The summed E-state index contributed by atoms with van der Waals surface area (Å²) in [4.78, 5) is 24.6. The Morgan fingerprint density at radius 1 is 1.33 bits per heavy atom. The van der Waals surface area contributed by atoms with E-state index in [4.69, 9.17) is 9.47 Å². The van der Waals surface area contributed by atoms with E-state index in [9.17, 15) is 14.9 Å². The lowest BCUT2D eigenvalue weighted by molar-refractivity contribution is -0.385. The number of benzene rings is 1. The summed E-state index contributed by atoms with van der Waals surface area (Å²) in [5.74, 6) is 0.0921. The van der Waals surface area contributed by atoms with Gasteiger partial charge < -0.3 is 19.7 Å². The molecular weight excluding hydrogens is 278 g/mol. The predicted molar refractivity (Wildman–Crippen MR) is 75.0 cm³/mol. The van der Waals surface area contributed by atoms with E-state index in [2.05, 4.69) is 5.32 Å². The minimum atomic E-state index is -0.595. The van der Waals surface area contributed by atoms with Crippen LogP contribution in [-0.4, -0.2) is 56.1 Å². The number of rotatable bonds is 5. The summed E-state index contributed by atoms with van der Waals surface area (Å²) in [6, 6.07) is 2.60. The standard InChI is InChI=1S/C13H17N3O5/c1-15(8-6-14-7-8)13(17)9-4-11(20-2)12(21-3)5-10(9)16(18)19/h4-5,8,14H,6-7H2,1-3H3. The van der Waals surface area contributed by atoms with Gasteiger partial charge in [-0.3, -0.25) is 14.9 Å². The maximum Gasteiger partial charge on any atom is 0.286 e. The molecule has 1 amide bonds. The van der Waals surface area contributed by atoms with Gasteiger partial charge in [0.25, 0.3) is 11.6 Å². The molecule has 1 fully saturated rings. The van der Waals surface area contributed by atoms with Crippen LogP contribution in [0.3, 0.4) is 0 Å². The Hall–Kier alpha value is -2.35. The highest BCUT2D eigenvalue weighted by Crippen LogP contribution is 2.35. The van der Waals surface area contributed by atoms with Gasteiger partial charge in [0.1, 0.15) is 5.56 Å². The highest BCUT2D eigenvalue weighted by atomic mass is 16.6. The highest BCUT2D eigenvalue weighted by Gasteiger charge is 2.31. The lowest BCUT2D eigenvalue weighted by Crippen LogP contribution is -2.57. The Kier molecular flexibility index (Phi) is 4.27. The molecule has 2 rings (SSSR count). The molecule has 0 atom stereocenters. The fourth-order valence-electron chi connectivity index (χ4n) is 2.09. The molecule has 21 heavy (non-hydrogen) atoms. The van der Waals surface area contributed by atoms with E-state index < -0.39 is 10.8 Å². The third-order valence-electron chi connectivity index (χ3n) is 3.56. The van der Waals surface area contributed by atoms with Crippen molar-refractivity contribution < 1.29 is 19.2 Å². The topological polar surface area (TPSA) is 93.9 Å². The van der Waals surface area contributed by atoms with E-state index >= 15 is 0 Å². The van der Waals surface area contributed by atoms with Gasteiger partial charge in [-0.2, -0.15) is 0 Å². The average molecular weight is 295 g/mol. The average Bonchev–Trinajstić information content (AvgIpc) is 2.42. The number of nitro benzene ring substituents is 1. The second-order valence-corrected chi connectivity index (χ2v) is 4.71. The van der Waals surface area contributed by atoms with Gasteiger partial charge in [-0.1, -0.05) is 0 Å². The van der Waals surface area contributed by atoms with Crippen LogP contribution in [0.4, 0.5) is 5.69 Å². The fourth-order valence-corrected chi connectivity index (χ4v) is 2.09. The SMILES string of the molecule is COc1cc(C(=O)N(C)C2CNC2)c([N+](=O)[O-])cc1OC. The number of amides is 1. The van der Waals surface area contributed by atoms with Crippen molar-refractivity contribution in [2.24, 2.45) is 0 Å². The first kappa shape index (κ1) is 15.0. The van der Waals surface area contributed by atoms with Gasteiger partial charge in [0.15, 0.2) is 11.5 Å². The molecule has 0 radical (unpaired) electrons. The quantitative estimate of drug-likeness (QED) is 0.633. The summed E-state index contributed by atoms with van der Waals surface area (Å²) in [5.41, 5.74) is -0.302. The zero-order valence-electron chi connectivity index (χ0n) is 12.1. The second-order valence-electron chi connectivity index (χ2n) is 4.71. The number of carbonyl (C=O) groups excluding carboxylic acids is 1. The van der Waals surface area contributed by atoms with E-state index in [1.165, 1.54) is 31.3 Å². The van der Waals surface area contributed by atoms with Crippen LogP contribution < -0.4 is 14.8 Å². The van der Waals surface area contributed by atoms with Crippen LogP contribution in [0.5, 0.6) is 11.5 Å². The maximum atomic E-state index is 12.5. The molecule has 0 spiro atoms. The van der Waals surface area contributed by atoms with Crippen molar-refractivity contribution in [3.63, 3.8) is 0 Å². The van der Waals surface area contributed by atoms with Gasteiger partial charge in [0, 0.05) is 26.2 Å². The molecule has 1 saturated heterocycles. The van der Waals surface area contributed by atoms with Gasteiger partial charge in [-0.25, -0.2) is 0 Å². The summed E-state index contributed by atoms with van der Waals surface area (Å²) in [5, 5.41) is 14.3. The summed E-state index contributed by atoms with van der Waals surface area (Å²) < 4.78 is 10.1. The van der Waals surface area contributed by atoms with Crippen LogP contribution >= 0.6 is 0 Å². The number of ether oxygens (including phenoxy) is 2. The molecule has 114 valence electrons. The van der Waals surface area contributed by atoms with E-state index in [1.807, 2.05) is 0 Å². The third-order valence-corrected chi connectivity index (χ3v) is 3.56. The molecule has 0 unspecified atom stereocenters. The minimum Gasteiger partial charge on any atom is -0.493 e. The van der Waals surface area contributed by atoms with Crippen LogP contribution in [0, 0.1) is 10.1 Å². The van der Waals surface area contributed by atoms with Crippen molar-refractivity contribution in [3.05, 3.63) is 27.8 Å². The van der Waals surface area contributed by atoms with Crippen molar-refractivity contribution >= 4 is 11.6 Å². The Morgan fingerprint density at radius 2 is 1.90 bits per heavy atom. The molecule has 0 aliphatic carbocycles. The number of nitro groups is 1. The van der Waals surface area contributed by atoms with Crippen molar-refractivity contribution in [2.75, 3.05) is 34.4 Å². The Bertz CT molecular complexity index is 571. The van der Waals surface area contributed by atoms with Crippen molar-refractivity contribution in [3.8, 4) is 11.5 Å². The fraction of sp³-hybridized carbons (Fsp3) is 0.462. The largest absolute Gasteiger partial charge is 0.493 e. The number of nitrogens with zero attached hydrogens (tertiary/aromatic N) is 2. The zero-order valence-corrected chi connectivity index (χ0v) is 12.1. The van der Waals surface area contributed by atoms with Crippen LogP contribution in [0.15, 0.2) is 12.1 Å². The molecule has 8 heteroatoms. The maximum absolute atomic E-state index is 12.5. The normalized spacial score (nSPS) is 14.2. The number of hydrogen-bond donors (Lipinski definition) is 1. The van der Waals surface area contributed by atoms with Crippen LogP contribution in [-0.2, 0) is 0 Å². The first-order chi connectivity index (χ1) is 9.99. The Morgan fingerprint density at radius 3 is 2.33 bits per heavy atom. The lowest BCUT2D eigenvalue weighted by Gasteiger charge is -2.35. The number of nitrogens with one attached hydrogen (secondary N) is 1. The molecule has 1 aliphatic rings. The molecule has 8 nitrogen and oxygen atoms in total. The zero-order chi connectivity index (χ0) is 15.6. The summed E-state index contributed by atoms with van der Waals surface area (Å²) in [7, 11) is 4.43. The molecule has 0 saturated carbocycles. The Labute approximate surface area is 121 Å². The molecule has 1 heterocycles. The first-order valence-electron chi connectivity index (χ1n) is 6.37. The molecule has 1 aromatic carbocycles. The molecule has 0 bridgehead atoms. The lowest BCUT2D eigenvalue weighted by atomic mass is 10.1. The number of hydrogen-bond acceptors (Lipinski definition) is 6. The highest BCUT2D eigenvalue weighted by molar-refractivity contribution is 5.99. The van der Waals surface area contributed by atoms with Crippen molar-refractivity contribution in [1.82, 2.24) is 10.2 Å². The van der Waals surface area contributed by atoms with E-state index in [-0.39, 0.29) is 28.8 Å². The van der Waals surface area contributed by atoms with E-state index in [1.54, 1.807) is 7.05 Å². The smallest absolute Gasteiger partial charge is 0.286 e. The first-order valence-corrected chi connectivity index (χ1v) is 6.37. The number of carbonyl (C=O) groups is 1. The van der Waals surface area contributed by atoms with Gasteiger partial charge in [0.05, 0.1) is 31.3 Å². The summed E-state index contributed by atoms with van der Waals surface area (Å²) in [6.45, 7) is 1.37. The van der Waals surface area contributed by atoms with Crippen LogP contribution in [0.1, 0.15) is 10.4 Å². The predicted octanol–water partition coefficient (Wildman–Crippen LogP) is 0.656. The second kappa shape index (κ2) is 5.96. The molecule has 0 aromatic heterocycles.